The van der Waals surface area contributed by atoms with Gasteiger partial charge in [0.2, 0.25) is 0 Å². The lowest BCUT2D eigenvalue weighted by atomic mass is 9.93. The summed E-state index contributed by atoms with van der Waals surface area (Å²) >= 11 is 0. The number of aryl methyl sites for hydroxylation is 2. The van der Waals surface area contributed by atoms with Gasteiger partial charge in [-0.15, -0.1) is 0 Å². The molecule has 5 rings (SSSR count). The minimum absolute atomic E-state index is 0.109. The summed E-state index contributed by atoms with van der Waals surface area (Å²) in [6.45, 7) is 3.86. The van der Waals surface area contributed by atoms with E-state index in [4.69, 9.17) is 14.3 Å². The molecule has 1 fully saturated rings. The average Bonchev–Trinajstić information content (AvgIpc) is 3.45. The Morgan fingerprint density at radius 3 is 3.07 bits per heavy atom. The van der Waals surface area contributed by atoms with Crippen molar-refractivity contribution < 1.29 is 13.9 Å². The molecular formula is C22H24N4O3. The number of furan rings is 1. The first-order valence-electron chi connectivity index (χ1n) is 10.2. The summed E-state index contributed by atoms with van der Waals surface area (Å²) in [5, 5.41) is 7.76. The van der Waals surface area contributed by atoms with Crippen LogP contribution in [0, 0.1) is 6.92 Å². The van der Waals surface area contributed by atoms with Gasteiger partial charge in [0.1, 0.15) is 5.76 Å². The van der Waals surface area contributed by atoms with Crippen molar-refractivity contribution in [2.45, 2.75) is 45.3 Å². The van der Waals surface area contributed by atoms with E-state index in [0.717, 1.165) is 60.6 Å². The number of rotatable bonds is 5. The van der Waals surface area contributed by atoms with Crippen LogP contribution in [0.1, 0.15) is 46.0 Å². The number of amides is 1. The van der Waals surface area contributed by atoms with Crippen molar-refractivity contribution in [3.05, 3.63) is 58.9 Å². The number of nitrogens with one attached hydrogen (secondary N) is 1. The van der Waals surface area contributed by atoms with Crippen LogP contribution >= 0.6 is 0 Å². The summed E-state index contributed by atoms with van der Waals surface area (Å²) in [6, 6.07) is 5.88. The summed E-state index contributed by atoms with van der Waals surface area (Å²) in [5.74, 6) is 1.06. The van der Waals surface area contributed by atoms with Crippen LogP contribution in [0.2, 0.25) is 0 Å². The highest BCUT2D eigenvalue weighted by Crippen LogP contribution is 2.38. The first-order chi connectivity index (χ1) is 14.2. The van der Waals surface area contributed by atoms with Gasteiger partial charge >= 0.3 is 0 Å². The molecule has 1 aliphatic heterocycles. The lowest BCUT2D eigenvalue weighted by molar-refractivity contribution is 0.0833. The van der Waals surface area contributed by atoms with E-state index in [0.29, 0.717) is 18.8 Å². The fraction of sp³-hybridized carbons (Fsp3) is 0.409. The number of aromatic nitrogens is 3. The smallest absolute Gasteiger partial charge is 0.287 e. The zero-order chi connectivity index (χ0) is 19.8. The molecule has 1 amide bonds. The average molecular weight is 392 g/mol. The van der Waals surface area contributed by atoms with Crippen molar-refractivity contribution in [1.82, 2.24) is 20.1 Å². The molecule has 29 heavy (non-hydrogen) atoms. The molecule has 0 radical (unpaired) electrons. The Kier molecular flexibility index (Phi) is 4.67. The quantitative estimate of drug-likeness (QED) is 0.722. The molecule has 3 aromatic rings. The molecule has 1 atom stereocenters. The lowest BCUT2D eigenvalue weighted by Gasteiger charge is -2.10. The van der Waals surface area contributed by atoms with E-state index < -0.39 is 0 Å². The monoisotopic (exact) mass is 392 g/mol. The molecule has 150 valence electrons. The highest BCUT2D eigenvalue weighted by molar-refractivity contribution is 5.95. The van der Waals surface area contributed by atoms with Gasteiger partial charge in [-0.05, 0) is 43.9 Å². The minimum atomic E-state index is -0.179. The molecule has 1 saturated heterocycles. The van der Waals surface area contributed by atoms with Gasteiger partial charge in [0.05, 0.1) is 24.0 Å². The lowest BCUT2D eigenvalue weighted by Crippen LogP contribution is -2.31. The van der Waals surface area contributed by atoms with Crippen LogP contribution in [-0.4, -0.2) is 39.9 Å². The Labute approximate surface area is 169 Å². The van der Waals surface area contributed by atoms with Gasteiger partial charge < -0.3 is 14.5 Å². The van der Waals surface area contributed by atoms with Gasteiger partial charge in [0.25, 0.3) is 5.91 Å². The van der Waals surface area contributed by atoms with Crippen molar-refractivity contribution in [2.24, 2.45) is 0 Å². The Balaban J connectivity index is 1.38. The Bertz CT molecular complexity index is 1030. The molecule has 1 unspecified atom stereocenters. The Morgan fingerprint density at radius 1 is 1.34 bits per heavy atom. The van der Waals surface area contributed by atoms with Crippen LogP contribution < -0.4 is 5.32 Å². The van der Waals surface area contributed by atoms with Gasteiger partial charge in [-0.1, -0.05) is 6.07 Å². The summed E-state index contributed by atoms with van der Waals surface area (Å²) in [4.78, 5) is 17.1. The SMILES string of the molecule is Cc1c(C(=O)NCC2CCCO2)oc2c1-c1nn(Cc3ccccn3)cc1CC2. The Hall–Kier alpha value is -2.93. The fourth-order valence-corrected chi connectivity index (χ4v) is 4.21. The summed E-state index contributed by atoms with van der Waals surface area (Å²) in [7, 11) is 0. The zero-order valence-electron chi connectivity index (χ0n) is 16.5. The second-order valence-corrected chi connectivity index (χ2v) is 7.72. The molecule has 0 spiro atoms. The summed E-state index contributed by atoms with van der Waals surface area (Å²) < 4.78 is 13.5. The molecule has 0 bridgehead atoms. The maximum absolute atomic E-state index is 12.7. The first-order valence-corrected chi connectivity index (χ1v) is 10.2. The Morgan fingerprint density at radius 2 is 2.28 bits per heavy atom. The number of nitrogens with zero attached hydrogens (tertiary/aromatic N) is 3. The highest BCUT2D eigenvalue weighted by atomic mass is 16.5. The van der Waals surface area contributed by atoms with Crippen molar-refractivity contribution in [3.8, 4) is 11.3 Å². The molecule has 1 N–H and O–H groups in total. The number of hydrogen-bond donors (Lipinski definition) is 1. The fourth-order valence-electron chi connectivity index (χ4n) is 4.21. The summed E-state index contributed by atoms with van der Waals surface area (Å²) in [5.41, 5.74) is 4.89. The normalized spacial score (nSPS) is 17.8. The van der Waals surface area contributed by atoms with Crippen molar-refractivity contribution in [3.63, 3.8) is 0 Å². The van der Waals surface area contributed by atoms with Crippen molar-refractivity contribution in [1.29, 1.82) is 0 Å². The number of fused-ring (bicyclic) bond motifs is 3. The zero-order valence-corrected chi connectivity index (χ0v) is 16.5. The third kappa shape index (κ3) is 3.46. The first kappa shape index (κ1) is 18.1. The number of pyridine rings is 1. The van der Waals surface area contributed by atoms with Gasteiger partial charge in [0, 0.05) is 43.1 Å². The standard InChI is InChI=1S/C22H24N4O3/c1-14-19-18(29-21(14)22(27)24-11-17-6-4-10-28-17)8-7-15-12-26(25-20(15)19)13-16-5-2-3-9-23-16/h2-3,5,9,12,17H,4,6-8,10-11,13H2,1H3,(H,24,27). The highest BCUT2D eigenvalue weighted by Gasteiger charge is 2.30. The molecule has 3 aromatic heterocycles. The number of ether oxygens (including phenoxy) is 1. The van der Waals surface area contributed by atoms with Crippen molar-refractivity contribution >= 4 is 5.91 Å². The largest absolute Gasteiger partial charge is 0.455 e. The topological polar surface area (TPSA) is 82.2 Å². The van der Waals surface area contributed by atoms with Gasteiger partial charge in [-0.3, -0.25) is 14.5 Å². The van der Waals surface area contributed by atoms with E-state index in [-0.39, 0.29) is 12.0 Å². The predicted octanol–water partition coefficient (Wildman–Crippen LogP) is 2.90. The van der Waals surface area contributed by atoms with Gasteiger partial charge in [-0.2, -0.15) is 5.10 Å². The van der Waals surface area contributed by atoms with Crippen LogP contribution in [0.25, 0.3) is 11.3 Å². The van der Waals surface area contributed by atoms with Crippen LogP contribution in [0.5, 0.6) is 0 Å². The predicted molar refractivity (Wildman–Crippen MR) is 107 cm³/mol. The number of carbonyl (C=O) groups is 1. The van der Waals surface area contributed by atoms with E-state index in [9.17, 15) is 4.79 Å². The minimum Gasteiger partial charge on any atom is -0.455 e. The van der Waals surface area contributed by atoms with E-state index in [2.05, 4.69) is 16.5 Å². The second-order valence-electron chi connectivity index (χ2n) is 7.72. The maximum atomic E-state index is 12.7. The molecule has 7 heteroatoms. The summed E-state index contributed by atoms with van der Waals surface area (Å²) in [6.07, 6.45) is 7.66. The van der Waals surface area contributed by atoms with Crippen molar-refractivity contribution in [2.75, 3.05) is 13.2 Å². The van der Waals surface area contributed by atoms with Gasteiger partial charge in [-0.25, -0.2) is 0 Å². The third-order valence-corrected chi connectivity index (χ3v) is 5.69. The molecule has 2 aliphatic rings. The molecular weight excluding hydrogens is 368 g/mol. The number of carbonyl (C=O) groups excluding carboxylic acids is 1. The molecule has 0 aromatic carbocycles. The van der Waals surface area contributed by atoms with E-state index >= 15 is 0 Å². The maximum Gasteiger partial charge on any atom is 0.287 e. The molecule has 1 aliphatic carbocycles. The van der Waals surface area contributed by atoms with Crippen LogP contribution in [0.15, 0.2) is 35.0 Å². The molecule has 4 heterocycles. The van der Waals surface area contributed by atoms with Crippen LogP contribution in [0.3, 0.4) is 0 Å². The van der Waals surface area contributed by atoms with E-state index in [1.54, 1.807) is 6.20 Å². The molecule has 7 nitrogen and oxygen atoms in total. The molecule has 0 saturated carbocycles. The van der Waals surface area contributed by atoms with Crippen LogP contribution in [0.4, 0.5) is 0 Å². The van der Waals surface area contributed by atoms with E-state index in [1.807, 2.05) is 29.8 Å². The third-order valence-electron chi connectivity index (χ3n) is 5.69. The van der Waals surface area contributed by atoms with Gasteiger partial charge in [0.15, 0.2) is 5.76 Å². The van der Waals surface area contributed by atoms with Crippen LogP contribution in [-0.2, 0) is 24.1 Å². The second kappa shape index (κ2) is 7.48. The number of hydrogen-bond acceptors (Lipinski definition) is 5. The van der Waals surface area contributed by atoms with E-state index in [1.165, 1.54) is 5.56 Å².